The molecule has 0 aromatic heterocycles. The standard InChI is InChI=1S/C20H24FN3O6/c1-19(2,30-14-8-6-13(21)7-9-14)17(27)29-12-15(25)23-24-16(26)20(22-18(24)28)10-4-3-5-11-20/h6-9H,3-5,10-12H2,1-2H3,(H,22,28)(H,23,25). The molecule has 2 fully saturated rings. The first-order valence-corrected chi connectivity index (χ1v) is 9.71. The summed E-state index contributed by atoms with van der Waals surface area (Å²) in [6.45, 7) is 2.15. The van der Waals surface area contributed by atoms with Gasteiger partial charge < -0.3 is 14.8 Å². The Hall–Kier alpha value is -3.17. The van der Waals surface area contributed by atoms with Crippen molar-refractivity contribution in [3.8, 4) is 5.75 Å². The van der Waals surface area contributed by atoms with Gasteiger partial charge in [0.15, 0.2) is 12.2 Å². The fraction of sp³-hybridized carbons (Fsp3) is 0.500. The van der Waals surface area contributed by atoms with Gasteiger partial charge in [-0.05, 0) is 51.0 Å². The predicted octanol–water partition coefficient (Wildman–Crippen LogP) is 1.81. The molecule has 9 nitrogen and oxygen atoms in total. The predicted molar refractivity (Wildman–Crippen MR) is 101 cm³/mol. The molecule has 0 unspecified atom stereocenters. The summed E-state index contributed by atoms with van der Waals surface area (Å²) in [7, 11) is 0. The molecule has 1 aromatic carbocycles. The number of rotatable bonds is 6. The molecule has 2 N–H and O–H groups in total. The van der Waals surface area contributed by atoms with Crippen molar-refractivity contribution in [2.45, 2.75) is 57.1 Å². The number of hydrogen-bond donors (Lipinski definition) is 2. The smallest absolute Gasteiger partial charge is 0.350 e. The van der Waals surface area contributed by atoms with E-state index in [1.807, 2.05) is 0 Å². The third-order valence-electron chi connectivity index (χ3n) is 5.12. The van der Waals surface area contributed by atoms with Crippen molar-refractivity contribution in [3.63, 3.8) is 0 Å². The molecule has 1 aliphatic heterocycles. The van der Waals surface area contributed by atoms with Gasteiger partial charge in [-0.2, -0.15) is 5.01 Å². The second-order valence-electron chi connectivity index (χ2n) is 7.89. The molecule has 1 spiro atoms. The summed E-state index contributed by atoms with van der Waals surface area (Å²) in [5.74, 6) is -2.39. The number of halogens is 1. The molecule has 30 heavy (non-hydrogen) atoms. The van der Waals surface area contributed by atoms with E-state index in [4.69, 9.17) is 9.47 Å². The van der Waals surface area contributed by atoms with Crippen LogP contribution in [0.25, 0.3) is 0 Å². The molecule has 1 saturated carbocycles. The van der Waals surface area contributed by atoms with Gasteiger partial charge in [-0.1, -0.05) is 19.3 Å². The normalized spacial score (nSPS) is 18.2. The van der Waals surface area contributed by atoms with Gasteiger partial charge in [0.2, 0.25) is 0 Å². The van der Waals surface area contributed by atoms with E-state index in [1.54, 1.807) is 0 Å². The van der Waals surface area contributed by atoms with Crippen LogP contribution in [0.3, 0.4) is 0 Å². The lowest BCUT2D eigenvalue weighted by molar-refractivity contribution is -0.162. The van der Waals surface area contributed by atoms with Crippen molar-refractivity contribution in [2.75, 3.05) is 6.61 Å². The van der Waals surface area contributed by atoms with Crippen molar-refractivity contribution in [2.24, 2.45) is 0 Å². The van der Waals surface area contributed by atoms with Crippen molar-refractivity contribution >= 4 is 23.8 Å². The number of imide groups is 1. The van der Waals surface area contributed by atoms with Crippen LogP contribution >= 0.6 is 0 Å². The Morgan fingerprint density at radius 1 is 1.17 bits per heavy atom. The van der Waals surface area contributed by atoms with Crippen LogP contribution in [0.1, 0.15) is 46.0 Å². The average Bonchev–Trinajstić information content (AvgIpc) is 2.92. The van der Waals surface area contributed by atoms with Gasteiger partial charge in [0, 0.05) is 0 Å². The van der Waals surface area contributed by atoms with Crippen molar-refractivity contribution in [1.29, 1.82) is 0 Å². The van der Waals surface area contributed by atoms with Crippen LogP contribution in [-0.4, -0.2) is 46.6 Å². The molecule has 1 aliphatic carbocycles. The number of nitrogens with zero attached hydrogens (tertiary/aromatic N) is 1. The molecule has 0 atom stereocenters. The second kappa shape index (κ2) is 8.29. The Morgan fingerprint density at radius 3 is 2.43 bits per heavy atom. The summed E-state index contributed by atoms with van der Waals surface area (Å²) in [5.41, 5.74) is -0.235. The molecule has 1 aromatic rings. The molecule has 162 valence electrons. The van der Waals surface area contributed by atoms with E-state index >= 15 is 0 Å². The number of amides is 4. The summed E-state index contributed by atoms with van der Waals surface area (Å²) in [6, 6.07) is 4.37. The highest BCUT2D eigenvalue weighted by atomic mass is 19.1. The van der Waals surface area contributed by atoms with Crippen LogP contribution in [0.5, 0.6) is 5.75 Å². The van der Waals surface area contributed by atoms with E-state index in [-0.39, 0.29) is 5.75 Å². The Labute approximate surface area is 172 Å². The zero-order valence-corrected chi connectivity index (χ0v) is 16.8. The van der Waals surface area contributed by atoms with E-state index in [9.17, 15) is 23.6 Å². The van der Waals surface area contributed by atoms with Gasteiger partial charge in [0.05, 0.1) is 0 Å². The van der Waals surface area contributed by atoms with Gasteiger partial charge in [0.1, 0.15) is 17.1 Å². The van der Waals surface area contributed by atoms with Crippen LogP contribution in [0.2, 0.25) is 0 Å². The fourth-order valence-electron chi connectivity index (χ4n) is 3.52. The third-order valence-corrected chi connectivity index (χ3v) is 5.12. The average molecular weight is 421 g/mol. The maximum absolute atomic E-state index is 13.0. The van der Waals surface area contributed by atoms with Gasteiger partial charge in [-0.3, -0.25) is 15.0 Å². The lowest BCUT2D eigenvalue weighted by atomic mass is 9.82. The van der Waals surface area contributed by atoms with Gasteiger partial charge in [-0.15, -0.1) is 0 Å². The summed E-state index contributed by atoms with van der Waals surface area (Å²) < 4.78 is 23.4. The highest BCUT2D eigenvalue weighted by molar-refractivity contribution is 6.08. The Kier molecular flexibility index (Phi) is 5.95. The maximum atomic E-state index is 13.0. The first-order valence-electron chi connectivity index (χ1n) is 9.71. The van der Waals surface area contributed by atoms with Crippen LogP contribution in [0.4, 0.5) is 9.18 Å². The quantitative estimate of drug-likeness (QED) is 0.535. The Morgan fingerprint density at radius 2 is 1.80 bits per heavy atom. The fourth-order valence-corrected chi connectivity index (χ4v) is 3.52. The topological polar surface area (TPSA) is 114 Å². The van der Waals surface area contributed by atoms with E-state index in [0.29, 0.717) is 17.9 Å². The van der Waals surface area contributed by atoms with Crippen LogP contribution < -0.4 is 15.5 Å². The lowest BCUT2D eigenvalue weighted by Crippen LogP contribution is -2.51. The SMILES string of the molecule is CC(C)(Oc1ccc(F)cc1)C(=O)OCC(=O)NN1C(=O)NC2(CCCCC2)C1=O. The van der Waals surface area contributed by atoms with Gasteiger partial charge in [-0.25, -0.2) is 14.0 Å². The molecule has 4 amide bonds. The van der Waals surface area contributed by atoms with E-state index in [2.05, 4.69) is 10.7 Å². The summed E-state index contributed by atoms with van der Waals surface area (Å²) >= 11 is 0. The Balaban J connectivity index is 1.52. The number of urea groups is 1. The number of hydrogen-bond acceptors (Lipinski definition) is 6. The van der Waals surface area contributed by atoms with Gasteiger partial charge in [0.25, 0.3) is 11.8 Å². The molecule has 2 aliphatic rings. The molecule has 3 rings (SSSR count). The largest absolute Gasteiger partial charge is 0.476 e. The van der Waals surface area contributed by atoms with Crippen molar-refractivity contribution in [1.82, 2.24) is 15.8 Å². The second-order valence-corrected chi connectivity index (χ2v) is 7.89. The minimum Gasteiger partial charge on any atom is -0.476 e. The highest BCUT2D eigenvalue weighted by Gasteiger charge is 2.52. The van der Waals surface area contributed by atoms with Crippen LogP contribution in [0, 0.1) is 5.82 Å². The highest BCUT2D eigenvalue weighted by Crippen LogP contribution is 2.33. The minimum atomic E-state index is -1.45. The summed E-state index contributed by atoms with van der Waals surface area (Å²) in [5, 5.41) is 3.30. The monoisotopic (exact) mass is 421 g/mol. The molecule has 10 heteroatoms. The molecule has 0 bridgehead atoms. The van der Waals surface area contributed by atoms with Crippen LogP contribution in [-0.2, 0) is 19.1 Å². The third kappa shape index (κ3) is 4.52. The van der Waals surface area contributed by atoms with Gasteiger partial charge >= 0.3 is 12.0 Å². The number of carbonyl (C=O) groups is 4. The number of esters is 1. The Bertz CT molecular complexity index is 849. The van der Waals surface area contributed by atoms with E-state index in [1.165, 1.54) is 38.1 Å². The molecule has 0 radical (unpaired) electrons. The zero-order chi connectivity index (χ0) is 21.9. The number of carbonyl (C=O) groups excluding carboxylic acids is 4. The van der Waals surface area contributed by atoms with E-state index in [0.717, 1.165) is 19.3 Å². The van der Waals surface area contributed by atoms with E-state index < -0.39 is 47.4 Å². The number of benzene rings is 1. The number of ether oxygens (including phenoxy) is 2. The molecule has 1 saturated heterocycles. The number of nitrogens with one attached hydrogen (secondary N) is 2. The van der Waals surface area contributed by atoms with Crippen molar-refractivity contribution < 1.29 is 33.0 Å². The first kappa shape index (κ1) is 21.5. The van der Waals surface area contributed by atoms with Crippen LogP contribution in [0.15, 0.2) is 24.3 Å². The maximum Gasteiger partial charge on any atom is 0.350 e. The molecular formula is C20H24FN3O6. The summed E-state index contributed by atoms with van der Waals surface area (Å²) in [6.07, 6.45) is 3.66. The molecular weight excluding hydrogens is 397 g/mol. The zero-order valence-electron chi connectivity index (χ0n) is 16.8. The first-order chi connectivity index (χ1) is 14.1. The minimum absolute atomic E-state index is 0.250. The lowest BCUT2D eigenvalue weighted by Gasteiger charge is -2.30. The summed E-state index contributed by atoms with van der Waals surface area (Å²) in [4.78, 5) is 49.2. The molecule has 1 heterocycles. The van der Waals surface area contributed by atoms with Crippen molar-refractivity contribution in [3.05, 3.63) is 30.1 Å². The number of hydrazine groups is 1.